The number of piperazine rings is 1. The Labute approximate surface area is 214 Å². The number of nitrogens with one attached hydrogen (secondary N) is 1. The van der Waals surface area contributed by atoms with E-state index in [1.807, 2.05) is 35.2 Å². The maximum Gasteiger partial charge on any atom is 0.253 e. The summed E-state index contributed by atoms with van der Waals surface area (Å²) in [5.41, 5.74) is 5.99. The van der Waals surface area contributed by atoms with Crippen LogP contribution in [0.15, 0.2) is 83.9 Å². The second-order valence-electron chi connectivity index (χ2n) is 9.27. The normalized spacial score (nSPS) is 15.1. The minimum Gasteiger partial charge on any atom is -0.336 e. The van der Waals surface area contributed by atoms with Crippen LogP contribution in [-0.4, -0.2) is 51.1 Å². The molecule has 1 saturated heterocycles. The molecule has 1 atom stereocenters. The minimum absolute atomic E-state index is 0.0340. The van der Waals surface area contributed by atoms with E-state index in [9.17, 15) is 9.00 Å². The van der Waals surface area contributed by atoms with Crippen molar-refractivity contribution in [1.29, 1.82) is 0 Å². The summed E-state index contributed by atoms with van der Waals surface area (Å²) in [6, 6.07) is 23.3. The number of para-hydroxylation sites is 1. The summed E-state index contributed by atoms with van der Waals surface area (Å²) in [5, 5.41) is 0.945. The molecule has 1 N–H and O–H groups in total. The first-order valence-corrected chi connectivity index (χ1v) is 13.3. The van der Waals surface area contributed by atoms with Gasteiger partial charge in [-0.3, -0.25) is 14.7 Å². The lowest BCUT2D eigenvalue weighted by atomic mass is 10.1. The average Bonchev–Trinajstić information content (AvgIpc) is 2.91. The molecule has 1 fully saturated rings. The number of hydrogen-bond acceptors (Lipinski definition) is 4. The maximum absolute atomic E-state index is 13.1. The zero-order valence-electron chi connectivity index (χ0n) is 20.6. The number of hydrogen-bond donors (Lipinski definition) is 1. The standard InChI is InChI=1S/C29H30N4O2S/c1-21-8-9-23(19-22(21)2)20-32-15-17-33(18-16-32)29(34)25-10-12-26(13-11-25)31-36(35)27-7-3-5-24-6-4-14-30-28(24)27/h3-14,19,31H,15-18,20H2,1-2H3. The van der Waals surface area contributed by atoms with Crippen LogP contribution < -0.4 is 4.72 Å². The molecule has 1 aliphatic rings. The van der Waals surface area contributed by atoms with Gasteiger partial charge in [-0.15, -0.1) is 0 Å². The number of amides is 1. The smallest absolute Gasteiger partial charge is 0.253 e. The molecule has 0 aliphatic carbocycles. The quantitative estimate of drug-likeness (QED) is 0.409. The fourth-order valence-corrected chi connectivity index (χ4v) is 5.53. The van der Waals surface area contributed by atoms with Gasteiger partial charge in [-0.2, -0.15) is 0 Å². The number of pyridine rings is 1. The molecule has 3 aromatic carbocycles. The van der Waals surface area contributed by atoms with Gasteiger partial charge in [0.25, 0.3) is 5.91 Å². The zero-order valence-corrected chi connectivity index (χ0v) is 21.4. The number of aromatic nitrogens is 1. The predicted octanol–water partition coefficient (Wildman–Crippen LogP) is 4.94. The average molecular weight is 499 g/mol. The molecule has 1 unspecified atom stereocenters. The van der Waals surface area contributed by atoms with Crippen LogP contribution in [0.1, 0.15) is 27.0 Å². The van der Waals surface area contributed by atoms with Crippen molar-refractivity contribution in [3.8, 4) is 0 Å². The van der Waals surface area contributed by atoms with E-state index in [-0.39, 0.29) is 5.91 Å². The Bertz CT molecular complexity index is 1410. The van der Waals surface area contributed by atoms with Crippen LogP contribution in [0.3, 0.4) is 0 Å². The van der Waals surface area contributed by atoms with Crippen LogP contribution in [0, 0.1) is 13.8 Å². The Kier molecular flexibility index (Phi) is 7.11. The summed E-state index contributed by atoms with van der Waals surface area (Å²) < 4.78 is 16.0. The summed E-state index contributed by atoms with van der Waals surface area (Å²) in [6.45, 7) is 8.33. The number of carbonyl (C=O) groups is 1. The minimum atomic E-state index is -1.47. The molecule has 0 saturated carbocycles. The van der Waals surface area contributed by atoms with Crippen molar-refractivity contribution in [3.63, 3.8) is 0 Å². The molecule has 36 heavy (non-hydrogen) atoms. The van der Waals surface area contributed by atoms with E-state index in [4.69, 9.17) is 0 Å². The van der Waals surface area contributed by atoms with Crippen LogP contribution >= 0.6 is 0 Å². The molecule has 184 valence electrons. The van der Waals surface area contributed by atoms with E-state index in [1.54, 1.807) is 30.5 Å². The van der Waals surface area contributed by atoms with Gasteiger partial charge in [0, 0.05) is 55.6 Å². The van der Waals surface area contributed by atoms with E-state index < -0.39 is 11.0 Å². The summed E-state index contributed by atoms with van der Waals surface area (Å²) >= 11 is 0. The van der Waals surface area contributed by atoms with E-state index in [0.717, 1.165) is 25.0 Å². The third-order valence-electron chi connectivity index (χ3n) is 6.77. The number of aryl methyl sites for hydroxylation is 2. The Balaban J connectivity index is 1.17. The molecule has 1 aliphatic heterocycles. The lowest BCUT2D eigenvalue weighted by molar-refractivity contribution is 0.0628. The predicted molar refractivity (Wildman–Crippen MR) is 145 cm³/mol. The topological polar surface area (TPSA) is 65.5 Å². The first kappa shape index (κ1) is 24.2. The van der Waals surface area contributed by atoms with E-state index in [0.29, 0.717) is 34.8 Å². The molecule has 1 amide bonds. The lowest BCUT2D eigenvalue weighted by Gasteiger charge is -2.35. The molecule has 5 rings (SSSR count). The second-order valence-corrected chi connectivity index (χ2v) is 10.4. The molecule has 6 nitrogen and oxygen atoms in total. The third kappa shape index (κ3) is 5.32. The van der Waals surface area contributed by atoms with Gasteiger partial charge < -0.3 is 9.62 Å². The van der Waals surface area contributed by atoms with Crippen molar-refractivity contribution in [2.24, 2.45) is 0 Å². The number of anilines is 1. The molecular weight excluding hydrogens is 468 g/mol. The highest BCUT2D eigenvalue weighted by atomic mass is 32.2. The monoisotopic (exact) mass is 498 g/mol. The van der Waals surface area contributed by atoms with E-state index in [1.165, 1.54) is 16.7 Å². The molecule has 0 spiro atoms. The first-order chi connectivity index (χ1) is 17.5. The molecule has 2 heterocycles. The van der Waals surface area contributed by atoms with Crippen molar-refractivity contribution < 1.29 is 9.00 Å². The highest BCUT2D eigenvalue weighted by Gasteiger charge is 2.22. The maximum atomic E-state index is 13.1. The lowest BCUT2D eigenvalue weighted by Crippen LogP contribution is -2.48. The van der Waals surface area contributed by atoms with Crippen molar-refractivity contribution in [3.05, 3.63) is 101 Å². The highest BCUT2D eigenvalue weighted by molar-refractivity contribution is 7.86. The van der Waals surface area contributed by atoms with Gasteiger partial charge >= 0.3 is 0 Å². The molecule has 7 heteroatoms. The second kappa shape index (κ2) is 10.6. The zero-order chi connectivity index (χ0) is 25.1. The van der Waals surface area contributed by atoms with Crippen LogP contribution in [0.5, 0.6) is 0 Å². The fraction of sp³-hybridized carbons (Fsp3) is 0.241. The van der Waals surface area contributed by atoms with Gasteiger partial charge in [-0.25, -0.2) is 4.21 Å². The summed E-state index contributed by atoms with van der Waals surface area (Å²) in [4.78, 5) is 22.4. The van der Waals surface area contributed by atoms with Crippen LogP contribution in [0.25, 0.3) is 10.9 Å². The van der Waals surface area contributed by atoms with Crippen LogP contribution in [0.2, 0.25) is 0 Å². The van der Waals surface area contributed by atoms with Crippen LogP contribution in [-0.2, 0) is 17.5 Å². The Morgan fingerprint density at radius 1 is 0.917 bits per heavy atom. The molecule has 0 radical (unpaired) electrons. The van der Waals surface area contributed by atoms with Crippen molar-refractivity contribution in [2.45, 2.75) is 25.3 Å². The SMILES string of the molecule is Cc1ccc(CN2CCN(C(=O)c3ccc(NS(=O)c4cccc5cccnc45)cc3)CC2)cc1C. The van der Waals surface area contributed by atoms with Gasteiger partial charge in [0.05, 0.1) is 10.4 Å². The van der Waals surface area contributed by atoms with Gasteiger partial charge in [0.2, 0.25) is 0 Å². The Morgan fingerprint density at radius 3 is 2.42 bits per heavy atom. The molecule has 4 aromatic rings. The number of benzene rings is 3. The molecule has 1 aromatic heterocycles. The van der Waals surface area contributed by atoms with Crippen molar-refractivity contribution in [1.82, 2.24) is 14.8 Å². The summed E-state index contributed by atoms with van der Waals surface area (Å²) in [6.07, 6.45) is 1.70. The largest absolute Gasteiger partial charge is 0.336 e. The van der Waals surface area contributed by atoms with Gasteiger partial charge in [0.1, 0.15) is 0 Å². The number of nitrogens with zero attached hydrogens (tertiary/aromatic N) is 3. The van der Waals surface area contributed by atoms with Gasteiger partial charge in [0.15, 0.2) is 11.0 Å². The van der Waals surface area contributed by atoms with Gasteiger partial charge in [-0.1, -0.05) is 36.4 Å². The van der Waals surface area contributed by atoms with E-state index >= 15 is 0 Å². The Morgan fingerprint density at radius 2 is 1.67 bits per heavy atom. The van der Waals surface area contributed by atoms with Gasteiger partial charge in [-0.05, 0) is 66.9 Å². The number of carbonyl (C=O) groups excluding carboxylic acids is 1. The molecular formula is C29H30N4O2S. The van der Waals surface area contributed by atoms with E-state index in [2.05, 4.69) is 46.7 Å². The summed E-state index contributed by atoms with van der Waals surface area (Å²) in [5.74, 6) is 0.0340. The third-order valence-corrected chi connectivity index (χ3v) is 7.92. The van der Waals surface area contributed by atoms with Crippen molar-refractivity contribution >= 4 is 33.5 Å². The first-order valence-electron chi connectivity index (χ1n) is 12.2. The Hall–Kier alpha value is -3.55. The molecule has 0 bridgehead atoms. The van der Waals surface area contributed by atoms with Crippen molar-refractivity contribution in [2.75, 3.05) is 30.9 Å². The number of fused-ring (bicyclic) bond motifs is 1. The summed E-state index contributed by atoms with van der Waals surface area (Å²) in [7, 11) is -1.47. The fourth-order valence-electron chi connectivity index (χ4n) is 4.52. The number of rotatable bonds is 6. The highest BCUT2D eigenvalue weighted by Crippen LogP contribution is 2.22. The van der Waals surface area contributed by atoms with Crippen LogP contribution in [0.4, 0.5) is 5.69 Å².